The van der Waals surface area contributed by atoms with Crippen LogP contribution in [0.25, 0.3) is 10.9 Å². The first kappa shape index (κ1) is 10.2. The molecule has 0 saturated carbocycles. The number of halogens is 3. The maximum absolute atomic E-state index is 6.03. The summed E-state index contributed by atoms with van der Waals surface area (Å²) in [6, 6.07) is 3.79. The molecular formula is C10H6BrCl2N. The molecule has 0 fully saturated rings. The zero-order valence-electron chi connectivity index (χ0n) is 7.31. The van der Waals surface area contributed by atoms with Gasteiger partial charge in [-0.05, 0) is 34.5 Å². The van der Waals surface area contributed by atoms with E-state index in [1.165, 1.54) is 0 Å². The normalized spacial score (nSPS) is 10.9. The number of benzene rings is 1. The first-order chi connectivity index (χ1) is 6.61. The molecule has 0 N–H and O–H groups in total. The van der Waals surface area contributed by atoms with Gasteiger partial charge in [0.25, 0.3) is 0 Å². The molecular weight excluding hydrogens is 285 g/mol. The first-order valence-corrected chi connectivity index (χ1v) is 5.55. The van der Waals surface area contributed by atoms with Crippen molar-refractivity contribution < 1.29 is 0 Å². The topological polar surface area (TPSA) is 12.9 Å². The van der Waals surface area contributed by atoms with Gasteiger partial charge in [-0.2, -0.15) is 0 Å². The van der Waals surface area contributed by atoms with E-state index in [1.807, 2.05) is 19.1 Å². The van der Waals surface area contributed by atoms with Crippen LogP contribution in [0.5, 0.6) is 0 Å². The van der Waals surface area contributed by atoms with Crippen LogP contribution in [0.15, 0.2) is 22.8 Å². The lowest BCUT2D eigenvalue weighted by Gasteiger charge is -2.06. The van der Waals surface area contributed by atoms with Crippen LogP contribution in [-0.2, 0) is 0 Å². The van der Waals surface area contributed by atoms with Gasteiger partial charge in [-0.3, -0.25) is 4.98 Å². The van der Waals surface area contributed by atoms with E-state index in [9.17, 15) is 0 Å². The van der Waals surface area contributed by atoms with Gasteiger partial charge in [0.1, 0.15) is 0 Å². The van der Waals surface area contributed by atoms with Gasteiger partial charge < -0.3 is 0 Å². The quantitative estimate of drug-likeness (QED) is 0.690. The molecule has 72 valence electrons. The van der Waals surface area contributed by atoms with Crippen LogP contribution in [0.1, 0.15) is 5.56 Å². The fraction of sp³-hybridized carbons (Fsp3) is 0.100. The third-order valence-corrected chi connectivity index (χ3v) is 3.72. The summed E-state index contributed by atoms with van der Waals surface area (Å²) in [6.45, 7) is 2.00. The Balaban J connectivity index is 3.01. The Morgan fingerprint density at radius 3 is 2.64 bits per heavy atom. The van der Waals surface area contributed by atoms with Gasteiger partial charge in [-0.25, -0.2) is 0 Å². The lowest BCUT2D eigenvalue weighted by molar-refractivity contribution is 1.38. The molecule has 4 heteroatoms. The number of pyridine rings is 1. The number of hydrogen-bond acceptors (Lipinski definition) is 1. The molecule has 0 aliphatic carbocycles. The van der Waals surface area contributed by atoms with Crippen molar-refractivity contribution in [3.05, 3.63) is 38.4 Å². The van der Waals surface area contributed by atoms with Crippen molar-refractivity contribution in [1.29, 1.82) is 0 Å². The third kappa shape index (κ3) is 1.52. The lowest BCUT2D eigenvalue weighted by Crippen LogP contribution is -1.86. The third-order valence-electron chi connectivity index (χ3n) is 2.07. The Labute approximate surface area is 100 Å². The van der Waals surface area contributed by atoms with Crippen LogP contribution in [0.3, 0.4) is 0 Å². The van der Waals surface area contributed by atoms with E-state index in [0.717, 1.165) is 20.9 Å². The summed E-state index contributed by atoms with van der Waals surface area (Å²) in [5.41, 5.74) is 1.88. The number of rotatable bonds is 0. The molecule has 0 bridgehead atoms. The van der Waals surface area contributed by atoms with Crippen LogP contribution < -0.4 is 0 Å². The van der Waals surface area contributed by atoms with E-state index in [1.54, 1.807) is 6.20 Å². The minimum Gasteiger partial charge on any atom is -0.253 e. The summed E-state index contributed by atoms with van der Waals surface area (Å²) in [7, 11) is 0. The predicted molar refractivity (Wildman–Crippen MR) is 64.2 cm³/mol. The van der Waals surface area contributed by atoms with E-state index in [2.05, 4.69) is 20.9 Å². The van der Waals surface area contributed by atoms with Gasteiger partial charge in [0.05, 0.1) is 15.6 Å². The molecule has 1 nitrogen and oxygen atoms in total. The largest absolute Gasteiger partial charge is 0.253 e. The van der Waals surface area contributed by atoms with Crippen molar-refractivity contribution >= 4 is 50.0 Å². The second-order valence-corrected chi connectivity index (χ2v) is 4.62. The molecule has 0 aliphatic rings. The highest BCUT2D eigenvalue weighted by atomic mass is 79.9. The van der Waals surface area contributed by atoms with E-state index in [4.69, 9.17) is 23.2 Å². The SMILES string of the molecule is Cc1ccc(Cl)c2ncc(Cl)c(Br)c12. The average Bonchev–Trinajstić information content (AvgIpc) is 2.16. The predicted octanol–water partition coefficient (Wildman–Crippen LogP) is 4.61. The monoisotopic (exact) mass is 289 g/mol. The van der Waals surface area contributed by atoms with Gasteiger partial charge >= 0.3 is 0 Å². The zero-order valence-corrected chi connectivity index (χ0v) is 10.4. The standard InChI is InChI=1S/C10H6BrCl2N/c1-5-2-3-6(12)10-8(5)9(11)7(13)4-14-10/h2-4H,1H3. The Bertz CT molecular complexity index is 511. The first-order valence-electron chi connectivity index (χ1n) is 4.00. The van der Waals surface area contributed by atoms with E-state index in [0.29, 0.717) is 10.0 Å². The molecule has 1 heterocycles. The molecule has 0 unspecified atom stereocenters. The highest BCUT2D eigenvalue weighted by Crippen LogP contribution is 2.34. The number of fused-ring (bicyclic) bond motifs is 1. The van der Waals surface area contributed by atoms with Crippen molar-refractivity contribution in [1.82, 2.24) is 4.98 Å². The maximum atomic E-state index is 6.03. The number of nitrogens with zero attached hydrogens (tertiary/aromatic N) is 1. The average molecular weight is 291 g/mol. The Morgan fingerprint density at radius 2 is 1.93 bits per heavy atom. The molecule has 0 amide bonds. The fourth-order valence-electron chi connectivity index (χ4n) is 1.37. The van der Waals surface area contributed by atoms with Crippen LogP contribution in [0.4, 0.5) is 0 Å². The van der Waals surface area contributed by atoms with Crippen molar-refractivity contribution in [2.45, 2.75) is 6.92 Å². The van der Waals surface area contributed by atoms with E-state index in [-0.39, 0.29) is 0 Å². The maximum Gasteiger partial charge on any atom is 0.0903 e. The summed E-state index contributed by atoms with van der Waals surface area (Å²) in [4.78, 5) is 4.21. The molecule has 0 aliphatic heterocycles. The van der Waals surface area contributed by atoms with Crippen molar-refractivity contribution in [2.24, 2.45) is 0 Å². The fourth-order valence-corrected chi connectivity index (χ4v) is 2.32. The van der Waals surface area contributed by atoms with E-state index >= 15 is 0 Å². The van der Waals surface area contributed by atoms with Gasteiger partial charge in [-0.1, -0.05) is 29.3 Å². The van der Waals surface area contributed by atoms with Crippen molar-refractivity contribution in [3.8, 4) is 0 Å². The Kier molecular flexibility index (Phi) is 2.69. The Hall–Kier alpha value is -0.310. The highest BCUT2D eigenvalue weighted by molar-refractivity contribution is 9.10. The molecule has 1 aromatic heterocycles. The molecule has 2 rings (SSSR count). The summed E-state index contributed by atoms with van der Waals surface area (Å²) in [5.74, 6) is 0. The van der Waals surface area contributed by atoms with Gasteiger partial charge in [0.2, 0.25) is 0 Å². The van der Waals surface area contributed by atoms with Gasteiger partial charge in [0.15, 0.2) is 0 Å². The molecule has 0 atom stereocenters. The summed E-state index contributed by atoms with van der Waals surface area (Å²) in [6.07, 6.45) is 1.60. The molecule has 2 aromatic rings. The zero-order chi connectivity index (χ0) is 10.3. The molecule has 14 heavy (non-hydrogen) atoms. The van der Waals surface area contributed by atoms with Crippen molar-refractivity contribution in [3.63, 3.8) is 0 Å². The molecule has 1 aromatic carbocycles. The molecule has 0 saturated heterocycles. The van der Waals surface area contributed by atoms with Crippen molar-refractivity contribution in [2.75, 3.05) is 0 Å². The Morgan fingerprint density at radius 1 is 1.21 bits per heavy atom. The second-order valence-electron chi connectivity index (χ2n) is 3.01. The lowest BCUT2D eigenvalue weighted by atomic mass is 10.1. The summed E-state index contributed by atoms with van der Waals surface area (Å²) >= 11 is 15.4. The summed E-state index contributed by atoms with van der Waals surface area (Å²) in [5, 5.41) is 2.22. The van der Waals surface area contributed by atoms with Crippen LogP contribution in [0.2, 0.25) is 10.0 Å². The molecule has 0 spiro atoms. The summed E-state index contributed by atoms with van der Waals surface area (Å²) < 4.78 is 0.851. The van der Waals surface area contributed by atoms with Crippen LogP contribution in [-0.4, -0.2) is 4.98 Å². The number of aryl methyl sites for hydroxylation is 1. The smallest absolute Gasteiger partial charge is 0.0903 e. The molecule has 0 radical (unpaired) electrons. The minimum atomic E-state index is 0.600. The highest BCUT2D eigenvalue weighted by Gasteiger charge is 2.09. The second kappa shape index (κ2) is 3.69. The van der Waals surface area contributed by atoms with Crippen LogP contribution in [0, 0.1) is 6.92 Å². The van der Waals surface area contributed by atoms with Gasteiger partial charge in [-0.15, -0.1) is 0 Å². The number of aromatic nitrogens is 1. The van der Waals surface area contributed by atoms with E-state index < -0.39 is 0 Å². The van der Waals surface area contributed by atoms with Crippen LogP contribution >= 0.6 is 39.1 Å². The minimum absolute atomic E-state index is 0.600. The van der Waals surface area contributed by atoms with Gasteiger partial charge in [0, 0.05) is 16.1 Å². The number of hydrogen-bond donors (Lipinski definition) is 0.